The van der Waals surface area contributed by atoms with E-state index >= 15 is 0 Å². The Bertz CT molecular complexity index is 1180. The lowest BCUT2D eigenvalue weighted by Gasteiger charge is -2.27. The molecular weight excluding hydrogens is 449 g/mol. The minimum atomic E-state index is -3.81. The number of fused-ring (bicyclic) bond motifs is 1. The molecule has 0 saturated carbocycles. The van der Waals surface area contributed by atoms with E-state index in [0.717, 1.165) is 19.3 Å². The van der Waals surface area contributed by atoms with Crippen molar-refractivity contribution in [2.24, 2.45) is 0 Å². The number of anilines is 2. The van der Waals surface area contributed by atoms with E-state index in [4.69, 9.17) is 4.74 Å². The van der Waals surface area contributed by atoms with Crippen molar-refractivity contribution >= 4 is 33.2 Å². The van der Waals surface area contributed by atoms with Gasteiger partial charge in [-0.3, -0.25) is 9.59 Å². The molecule has 176 valence electrons. The fourth-order valence-corrected chi connectivity index (χ4v) is 5.88. The first-order valence-electron chi connectivity index (χ1n) is 11.0. The van der Waals surface area contributed by atoms with E-state index in [1.165, 1.54) is 34.6 Å². The summed E-state index contributed by atoms with van der Waals surface area (Å²) in [6.45, 7) is 2.93. The summed E-state index contributed by atoms with van der Waals surface area (Å²) in [4.78, 5) is 25.1. The molecular formula is C23H26FN3O5S. The number of rotatable bonds is 6. The minimum Gasteiger partial charge on any atom is -0.492 e. The predicted molar refractivity (Wildman–Crippen MR) is 121 cm³/mol. The Morgan fingerprint density at radius 1 is 1.18 bits per heavy atom. The Balaban J connectivity index is 1.63. The van der Waals surface area contributed by atoms with Gasteiger partial charge < -0.3 is 15.4 Å². The lowest BCUT2D eigenvalue weighted by atomic mass is 9.89. The summed E-state index contributed by atoms with van der Waals surface area (Å²) in [5, 5.41) is 5.30. The molecule has 1 saturated heterocycles. The molecule has 0 spiro atoms. The molecule has 2 N–H and O–H groups in total. The number of amides is 2. The fraction of sp³-hybridized carbons (Fsp3) is 0.391. The second-order valence-electron chi connectivity index (χ2n) is 8.08. The van der Waals surface area contributed by atoms with E-state index in [0.29, 0.717) is 25.3 Å². The molecule has 2 aliphatic rings. The zero-order valence-electron chi connectivity index (χ0n) is 18.3. The number of carbonyl (C=O) groups excluding carboxylic acids is 2. The van der Waals surface area contributed by atoms with Crippen molar-refractivity contribution in [1.29, 1.82) is 0 Å². The number of hydrogen-bond donors (Lipinski definition) is 2. The highest BCUT2D eigenvalue weighted by molar-refractivity contribution is 7.89. The summed E-state index contributed by atoms with van der Waals surface area (Å²) < 4.78 is 47.2. The number of hydrogen-bond acceptors (Lipinski definition) is 5. The number of carbonyl (C=O) groups is 2. The predicted octanol–water partition coefficient (Wildman–Crippen LogP) is 3.46. The van der Waals surface area contributed by atoms with Gasteiger partial charge in [0.05, 0.1) is 12.5 Å². The smallest absolute Gasteiger partial charge is 0.246 e. The van der Waals surface area contributed by atoms with Crippen LogP contribution in [-0.4, -0.2) is 44.2 Å². The van der Waals surface area contributed by atoms with Crippen LogP contribution in [0.15, 0.2) is 41.3 Å². The largest absolute Gasteiger partial charge is 0.492 e. The first-order valence-corrected chi connectivity index (χ1v) is 12.4. The molecule has 33 heavy (non-hydrogen) atoms. The monoisotopic (exact) mass is 475 g/mol. The van der Waals surface area contributed by atoms with Crippen LogP contribution in [0.5, 0.6) is 5.75 Å². The maximum atomic E-state index is 13.6. The van der Waals surface area contributed by atoms with Gasteiger partial charge in [-0.2, -0.15) is 4.31 Å². The second-order valence-corrected chi connectivity index (χ2v) is 9.99. The van der Waals surface area contributed by atoms with Crippen LogP contribution in [0.3, 0.4) is 0 Å². The Hall–Kier alpha value is -2.98. The van der Waals surface area contributed by atoms with Gasteiger partial charge in [0.1, 0.15) is 16.5 Å². The number of halogens is 1. The SMILES string of the molecule is CCOc1ccc(NC(=O)C2CC(=O)Nc3cc(F)ccc32)cc1S(=O)(=O)N1CCCCC1. The van der Waals surface area contributed by atoms with Crippen LogP contribution in [0.2, 0.25) is 0 Å². The molecule has 0 aliphatic carbocycles. The standard InChI is InChI=1S/C23H26FN3O5S/c1-2-32-20-9-7-16(13-21(20)33(30,31)27-10-4-3-5-11-27)25-23(29)18-14-22(28)26-19-12-15(24)6-8-17(18)19/h6-9,12-13,18H,2-5,10-11,14H2,1H3,(H,25,29)(H,26,28). The molecule has 4 rings (SSSR count). The molecule has 1 fully saturated rings. The molecule has 2 aliphatic heterocycles. The highest BCUT2D eigenvalue weighted by atomic mass is 32.2. The highest BCUT2D eigenvalue weighted by Crippen LogP contribution is 2.35. The summed E-state index contributed by atoms with van der Waals surface area (Å²) in [7, 11) is -3.81. The minimum absolute atomic E-state index is 0.00657. The molecule has 0 bridgehead atoms. The number of sulfonamides is 1. The molecule has 2 amide bonds. The summed E-state index contributed by atoms with van der Waals surface area (Å²) in [6.07, 6.45) is 2.48. The van der Waals surface area contributed by atoms with Crippen molar-refractivity contribution in [3.63, 3.8) is 0 Å². The van der Waals surface area contributed by atoms with Crippen molar-refractivity contribution in [3.8, 4) is 5.75 Å². The van der Waals surface area contributed by atoms with Crippen LogP contribution in [0.25, 0.3) is 0 Å². The number of piperidine rings is 1. The second kappa shape index (κ2) is 9.48. The van der Waals surface area contributed by atoms with Gasteiger partial charge in [-0.05, 0) is 55.7 Å². The average molecular weight is 476 g/mol. The third-order valence-corrected chi connectivity index (χ3v) is 7.73. The van der Waals surface area contributed by atoms with Gasteiger partial charge in [0.15, 0.2) is 0 Å². The highest BCUT2D eigenvalue weighted by Gasteiger charge is 2.32. The number of benzene rings is 2. The Morgan fingerprint density at radius 2 is 1.94 bits per heavy atom. The molecule has 10 heteroatoms. The molecule has 0 radical (unpaired) electrons. The van der Waals surface area contributed by atoms with Crippen molar-refractivity contribution in [3.05, 3.63) is 47.8 Å². The van der Waals surface area contributed by atoms with Crippen LogP contribution >= 0.6 is 0 Å². The van der Waals surface area contributed by atoms with E-state index in [1.807, 2.05) is 0 Å². The van der Waals surface area contributed by atoms with Crippen LogP contribution in [0.4, 0.5) is 15.8 Å². The van der Waals surface area contributed by atoms with E-state index in [-0.39, 0.29) is 28.4 Å². The van der Waals surface area contributed by atoms with Gasteiger partial charge in [0, 0.05) is 30.9 Å². The zero-order chi connectivity index (χ0) is 23.6. The normalized spacial score (nSPS) is 18.8. The number of nitrogens with one attached hydrogen (secondary N) is 2. The van der Waals surface area contributed by atoms with E-state index in [9.17, 15) is 22.4 Å². The van der Waals surface area contributed by atoms with Crippen molar-refractivity contribution in [1.82, 2.24) is 4.31 Å². The lowest BCUT2D eigenvalue weighted by Crippen LogP contribution is -2.36. The lowest BCUT2D eigenvalue weighted by molar-refractivity contribution is -0.123. The summed E-state index contributed by atoms with van der Waals surface area (Å²) >= 11 is 0. The van der Waals surface area contributed by atoms with Crippen LogP contribution in [0.1, 0.15) is 44.1 Å². The zero-order valence-corrected chi connectivity index (χ0v) is 19.1. The Labute approximate surface area is 192 Å². The van der Waals surface area contributed by atoms with Gasteiger partial charge in [0.25, 0.3) is 0 Å². The van der Waals surface area contributed by atoms with Gasteiger partial charge in [0.2, 0.25) is 21.8 Å². The molecule has 2 aromatic carbocycles. The number of ether oxygens (including phenoxy) is 1. The van der Waals surface area contributed by atoms with Crippen molar-refractivity contribution in [2.75, 3.05) is 30.3 Å². The first-order chi connectivity index (χ1) is 15.8. The third kappa shape index (κ3) is 4.86. The summed E-state index contributed by atoms with van der Waals surface area (Å²) in [5.74, 6) is -2.01. The molecule has 8 nitrogen and oxygen atoms in total. The summed E-state index contributed by atoms with van der Waals surface area (Å²) in [5.41, 5.74) is 1.03. The Kier molecular flexibility index (Phi) is 6.66. The molecule has 1 atom stereocenters. The van der Waals surface area contributed by atoms with Crippen LogP contribution < -0.4 is 15.4 Å². The maximum Gasteiger partial charge on any atom is 0.246 e. The third-order valence-electron chi connectivity index (χ3n) is 5.81. The number of nitrogens with zero attached hydrogens (tertiary/aromatic N) is 1. The van der Waals surface area contributed by atoms with Gasteiger partial charge in [-0.1, -0.05) is 12.5 Å². The van der Waals surface area contributed by atoms with Crippen molar-refractivity contribution in [2.45, 2.75) is 43.4 Å². The Morgan fingerprint density at radius 3 is 2.67 bits per heavy atom. The molecule has 2 aromatic rings. The van der Waals surface area contributed by atoms with Gasteiger partial charge in [-0.15, -0.1) is 0 Å². The van der Waals surface area contributed by atoms with Crippen LogP contribution in [-0.2, 0) is 19.6 Å². The van der Waals surface area contributed by atoms with E-state index in [1.54, 1.807) is 13.0 Å². The first kappa shape index (κ1) is 23.2. The molecule has 0 aromatic heterocycles. The molecule has 2 heterocycles. The van der Waals surface area contributed by atoms with Crippen LogP contribution in [0, 0.1) is 5.82 Å². The van der Waals surface area contributed by atoms with Crippen molar-refractivity contribution < 1.29 is 27.1 Å². The van der Waals surface area contributed by atoms with E-state index in [2.05, 4.69) is 10.6 Å². The van der Waals surface area contributed by atoms with Gasteiger partial charge in [-0.25, -0.2) is 12.8 Å². The average Bonchev–Trinajstić information content (AvgIpc) is 2.79. The summed E-state index contributed by atoms with van der Waals surface area (Å²) in [6, 6.07) is 8.35. The fourth-order valence-electron chi connectivity index (χ4n) is 4.21. The topological polar surface area (TPSA) is 105 Å². The van der Waals surface area contributed by atoms with E-state index < -0.39 is 33.6 Å². The quantitative estimate of drug-likeness (QED) is 0.666. The molecule has 1 unspecified atom stereocenters. The van der Waals surface area contributed by atoms with Gasteiger partial charge >= 0.3 is 0 Å². The maximum absolute atomic E-state index is 13.6.